The number of anilines is 2. The predicted molar refractivity (Wildman–Crippen MR) is 123 cm³/mol. The summed E-state index contributed by atoms with van der Waals surface area (Å²) < 4.78 is 6.79. The second-order valence-corrected chi connectivity index (χ2v) is 8.41. The number of ether oxygens (including phenoxy) is 1. The van der Waals surface area contributed by atoms with Gasteiger partial charge in [0.1, 0.15) is 17.1 Å². The summed E-state index contributed by atoms with van der Waals surface area (Å²) in [6.07, 6.45) is 0.814. The lowest BCUT2D eigenvalue weighted by Crippen LogP contribution is -2.34. The number of carbonyl (C=O) groups excluding carboxylic acids is 2. The average Bonchev–Trinajstić information content (AvgIpc) is 3.23. The van der Waals surface area contributed by atoms with Gasteiger partial charge in [-0.2, -0.15) is 0 Å². The Morgan fingerprint density at radius 2 is 2.00 bits per heavy atom. The van der Waals surface area contributed by atoms with Crippen LogP contribution in [-0.2, 0) is 16.1 Å². The first-order chi connectivity index (χ1) is 15.5. The molecule has 3 heterocycles. The van der Waals surface area contributed by atoms with Gasteiger partial charge in [-0.05, 0) is 36.8 Å². The number of aromatic nitrogens is 2. The summed E-state index contributed by atoms with van der Waals surface area (Å²) in [5, 5.41) is 5.96. The van der Waals surface area contributed by atoms with Crippen molar-refractivity contribution in [3.05, 3.63) is 71.3 Å². The molecule has 0 aliphatic carbocycles. The first-order valence-electron chi connectivity index (χ1n) is 9.94. The molecule has 32 heavy (non-hydrogen) atoms. The van der Waals surface area contributed by atoms with Gasteiger partial charge >= 0.3 is 0 Å². The maximum atomic E-state index is 12.9. The molecule has 5 rings (SSSR count). The molecule has 0 saturated carbocycles. The molecule has 8 nitrogen and oxygen atoms in total. The van der Waals surface area contributed by atoms with E-state index in [0.29, 0.717) is 27.3 Å². The molecule has 0 spiro atoms. The van der Waals surface area contributed by atoms with Crippen molar-refractivity contribution >= 4 is 44.7 Å². The van der Waals surface area contributed by atoms with E-state index >= 15 is 0 Å². The van der Waals surface area contributed by atoms with Gasteiger partial charge in [-0.25, -0.2) is 4.98 Å². The molecule has 1 atom stereocenters. The summed E-state index contributed by atoms with van der Waals surface area (Å²) >= 11 is 1.44. The number of rotatable bonds is 4. The van der Waals surface area contributed by atoms with E-state index in [1.807, 2.05) is 36.4 Å². The molecule has 2 aromatic carbocycles. The van der Waals surface area contributed by atoms with Gasteiger partial charge in [0.2, 0.25) is 5.91 Å². The van der Waals surface area contributed by atoms with E-state index in [9.17, 15) is 14.4 Å². The molecule has 0 unspecified atom stereocenters. The topological polar surface area (TPSA) is 102 Å². The maximum Gasteiger partial charge on any atom is 0.265 e. The van der Waals surface area contributed by atoms with Crippen molar-refractivity contribution in [2.24, 2.45) is 0 Å². The van der Waals surface area contributed by atoms with E-state index in [2.05, 4.69) is 15.6 Å². The van der Waals surface area contributed by atoms with Crippen LogP contribution in [0.4, 0.5) is 11.4 Å². The molecule has 9 heteroatoms. The van der Waals surface area contributed by atoms with Crippen LogP contribution < -0.4 is 20.9 Å². The first kappa shape index (κ1) is 20.0. The smallest absolute Gasteiger partial charge is 0.265 e. The normalized spacial score (nSPS) is 15.0. The molecule has 1 aliphatic rings. The van der Waals surface area contributed by atoms with Crippen LogP contribution in [0.25, 0.3) is 20.7 Å². The zero-order valence-corrected chi connectivity index (χ0v) is 17.8. The second-order valence-electron chi connectivity index (χ2n) is 7.38. The molecule has 2 amide bonds. The Morgan fingerprint density at radius 1 is 1.19 bits per heavy atom. The van der Waals surface area contributed by atoms with Crippen LogP contribution in [0.1, 0.15) is 6.92 Å². The third-order valence-electron chi connectivity index (χ3n) is 5.08. The summed E-state index contributed by atoms with van der Waals surface area (Å²) in [6, 6.07) is 16.5. The fourth-order valence-electron chi connectivity index (χ4n) is 3.46. The number of hydrogen-bond acceptors (Lipinski definition) is 6. The summed E-state index contributed by atoms with van der Waals surface area (Å²) in [5.74, 6) is -0.103. The van der Waals surface area contributed by atoms with Crippen LogP contribution in [0.15, 0.2) is 65.7 Å². The van der Waals surface area contributed by atoms with Crippen molar-refractivity contribution in [1.82, 2.24) is 9.55 Å². The zero-order chi connectivity index (χ0) is 22.2. The van der Waals surface area contributed by atoms with Crippen LogP contribution in [0.5, 0.6) is 5.75 Å². The van der Waals surface area contributed by atoms with Crippen LogP contribution in [0.2, 0.25) is 0 Å². The van der Waals surface area contributed by atoms with Gasteiger partial charge in [0, 0.05) is 10.6 Å². The Morgan fingerprint density at radius 3 is 2.81 bits per heavy atom. The fraction of sp³-hybridized carbons (Fsp3) is 0.130. The third kappa shape index (κ3) is 3.74. The fourth-order valence-corrected chi connectivity index (χ4v) is 4.45. The summed E-state index contributed by atoms with van der Waals surface area (Å²) in [6.45, 7) is 1.47. The maximum absolute atomic E-state index is 12.9. The summed E-state index contributed by atoms with van der Waals surface area (Å²) in [7, 11) is 0. The molecule has 0 radical (unpaired) electrons. The molecule has 160 valence electrons. The Bertz CT molecular complexity index is 1410. The van der Waals surface area contributed by atoms with E-state index in [4.69, 9.17) is 4.74 Å². The third-order valence-corrected chi connectivity index (χ3v) is 6.18. The van der Waals surface area contributed by atoms with Gasteiger partial charge in [0.25, 0.3) is 11.5 Å². The molecule has 0 fully saturated rings. The minimum atomic E-state index is -0.572. The largest absolute Gasteiger partial charge is 0.479 e. The zero-order valence-electron chi connectivity index (χ0n) is 17.0. The Balaban J connectivity index is 1.35. The highest BCUT2D eigenvalue weighted by molar-refractivity contribution is 7.21. The average molecular weight is 446 g/mol. The summed E-state index contributed by atoms with van der Waals surface area (Å²) in [4.78, 5) is 43.2. The van der Waals surface area contributed by atoms with Gasteiger partial charge in [-0.15, -0.1) is 11.3 Å². The van der Waals surface area contributed by atoms with Crippen LogP contribution in [-0.4, -0.2) is 27.5 Å². The molecule has 1 aliphatic heterocycles. The minimum Gasteiger partial charge on any atom is -0.479 e. The minimum absolute atomic E-state index is 0.185. The SMILES string of the molecule is C[C@H]1Oc2ccc(NC(=O)Cn3cnc4sc(-c5ccccc5)cc4c3=O)cc2NC1=O. The van der Waals surface area contributed by atoms with E-state index in [-0.39, 0.29) is 23.9 Å². The van der Waals surface area contributed by atoms with E-state index in [1.54, 1.807) is 25.1 Å². The number of nitrogens with one attached hydrogen (secondary N) is 2. The monoisotopic (exact) mass is 446 g/mol. The van der Waals surface area contributed by atoms with Gasteiger partial charge < -0.3 is 15.4 Å². The van der Waals surface area contributed by atoms with Crippen molar-refractivity contribution < 1.29 is 14.3 Å². The standard InChI is InChI=1S/C23H18N4O4S/c1-13-21(29)26-17-9-15(7-8-18(17)31-13)25-20(28)11-27-12-24-22-16(23(27)30)10-19(32-22)14-5-3-2-4-6-14/h2-10,12-13H,11H2,1H3,(H,25,28)(H,26,29)/t13-/m1/s1. The van der Waals surface area contributed by atoms with Crippen molar-refractivity contribution in [2.75, 3.05) is 10.6 Å². The molecule has 2 aromatic heterocycles. The van der Waals surface area contributed by atoms with Crippen LogP contribution in [0, 0.1) is 0 Å². The van der Waals surface area contributed by atoms with Gasteiger partial charge in [0.05, 0.1) is 17.4 Å². The highest BCUT2D eigenvalue weighted by atomic mass is 32.1. The molecular weight excluding hydrogens is 428 g/mol. The lowest BCUT2D eigenvalue weighted by Gasteiger charge is -2.23. The van der Waals surface area contributed by atoms with E-state index in [1.165, 1.54) is 22.2 Å². The number of thiophene rings is 1. The lowest BCUT2D eigenvalue weighted by molar-refractivity contribution is -0.122. The van der Waals surface area contributed by atoms with Crippen molar-refractivity contribution in [1.29, 1.82) is 0 Å². The number of benzene rings is 2. The molecule has 0 bridgehead atoms. The van der Waals surface area contributed by atoms with Crippen molar-refractivity contribution in [3.8, 4) is 16.2 Å². The van der Waals surface area contributed by atoms with E-state index < -0.39 is 6.10 Å². The Kier molecular flexibility index (Phi) is 4.95. The number of nitrogens with zero attached hydrogens (tertiary/aromatic N) is 2. The molecule has 0 saturated heterocycles. The summed E-state index contributed by atoms with van der Waals surface area (Å²) in [5.41, 5.74) is 1.70. The Hall–Kier alpha value is -3.98. The number of amides is 2. The van der Waals surface area contributed by atoms with Crippen molar-refractivity contribution in [2.45, 2.75) is 19.6 Å². The van der Waals surface area contributed by atoms with E-state index in [0.717, 1.165) is 10.4 Å². The number of carbonyl (C=O) groups is 2. The van der Waals surface area contributed by atoms with Crippen LogP contribution >= 0.6 is 11.3 Å². The molecular formula is C23H18N4O4S. The van der Waals surface area contributed by atoms with Gasteiger partial charge in [0.15, 0.2) is 6.10 Å². The van der Waals surface area contributed by atoms with Gasteiger partial charge in [-0.3, -0.25) is 19.0 Å². The van der Waals surface area contributed by atoms with Crippen molar-refractivity contribution in [3.63, 3.8) is 0 Å². The molecule has 2 N–H and O–H groups in total. The van der Waals surface area contributed by atoms with Crippen LogP contribution in [0.3, 0.4) is 0 Å². The molecule has 4 aromatic rings. The highest BCUT2D eigenvalue weighted by Gasteiger charge is 2.23. The predicted octanol–water partition coefficient (Wildman–Crippen LogP) is 3.48. The quantitative estimate of drug-likeness (QED) is 0.500. The lowest BCUT2D eigenvalue weighted by atomic mass is 10.2. The number of hydrogen-bond donors (Lipinski definition) is 2. The second kappa shape index (κ2) is 7.93. The van der Waals surface area contributed by atoms with Gasteiger partial charge in [-0.1, -0.05) is 30.3 Å². The Labute approximate surface area is 186 Å². The first-order valence-corrected chi connectivity index (χ1v) is 10.8. The highest BCUT2D eigenvalue weighted by Crippen LogP contribution is 2.32. The number of fused-ring (bicyclic) bond motifs is 2.